The van der Waals surface area contributed by atoms with Crippen LogP contribution in [-0.4, -0.2) is 47.7 Å². The molecule has 1 amide bonds. The van der Waals surface area contributed by atoms with E-state index in [1.165, 1.54) is 0 Å². The highest BCUT2D eigenvalue weighted by atomic mass is 16.5. The second kappa shape index (κ2) is 7.54. The monoisotopic (exact) mass is 383 g/mol. The molecule has 0 radical (unpaired) electrons. The molecule has 6 nitrogen and oxygen atoms in total. The summed E-state index contributed by atoms with van der Waals surface area (Å²) in [5, 5.41) is 9.94. The van der Waals surface area contributed by atoms with Crippen molar-refractivity contribution < 1.29 is 24.2 Å². The number of carbonyl (C=O) groups is 2. The molecule has 1 aliphatic heterocycles. The molecular weight excluding hydrogens is 358 g/mol. The van der Waals surface area contributed by atoms with E-state index in [0.717, 1.165) is 0 Å². The number of carbonyl (C=O) groups excluding carboxylic acids is 1. The fourth-order valence-corrected chi connectivity index (χ4v) is 3.68. The van der Waals surface area contributed by atoms with Gasteiger partial charge in [0.15, 0.2) is 17.1 Å². The van der Waals surface area contributed by atoms with Gasteiger partial charge in [-0.15, -0.1) is 0 Å². The number of nitrogens with zero attached hydrogens (tertiary/aromatic N) is 1. The normalized spacial score (nSPS) is 19.3. The van der Waals surface area contributed by atoms with Crippen LogP contribution in [0.1, 0.15) is 25.8 Å². The van der Waals surface area contributed by atoms with Gasteiger partial charge >= 0.3 is 5.97 Å². The average molecular weight is 383 g/mol. The molecule has 0 spiro atoms. The van der Waals surface area contributed by atoms with Crippen LogP contribution < -0.4 is 9.47 Å². The minimum atomic E-state index is -1.17. The third kappa shape index (κ3) is 3.54. The molecule has 0 saturated carbocycles. The first kappa shape index (κ1) is 19.7. The maximum atomic E-state index is 13.2. The molecule has 1 heterocycles. The molecule has 0 unspecified atom stereocenters. The summed E-state index contributed by atoms with van der Waals surface area (Å²) in [5.74, 6) is -0.168. The van der Waals surface area contributed by atoms with Crippen LogP contribution in [0.2, 0.25) is 0 Å². The van der Waals surface area contributed by atoms with E-state index in [4.69, 9.17) is 9.47 Å². The Balaban J connectivity index is 1.82. The van der Waals surface area contributed by atoms with Gasteiger partial charge in [-0.05, 0) is 38.0 Å². The topological polar surface area (TPSA) is 76.1 Å². The predicted octanol–water partition coefficient (Wildman–Crippen LogP) is 3.11. The van der Waals surface area contributed by atoms with Gasteiger partial charge < -0.3 is 19.5 Å². The number of benzene rings is 2. The highest BCUT2D eigenvalue weighted by Crippen LogP contribution is 2.37. The summed E-state index contributed by atoms with van der Waals surface area (Å²) in [6.07, 6.45) is 0.364. The molecule has 2 aromatic carbocycles. The van der Waals surface area contributed by atoms with Crippen LogP contribution in [0.25, 0.3) is 0 Å². The summed E-state index contributed by atoms with van der Waals surface area (Å²) >= 11 is 0. The quantitative estimate of drug-likeness (QED) is 0.830. The SMILES string of the molecule is COc1ccccc1OC(C)(C)C(=O)N1CC[C@](C(=O)O)(c2ccccc2)C1. The number of likely N-dealkylation sites (tertiary alicyclic amines) is 1. The molecule has 28 heavy (non-hydrogen) atoms. The Morgan fingerprint density at radius 3 is 2.25 bits per heavy atom. The van der Waals surface area contributed by atoms with E-state index in [0.29, 0.717) is 30.0 Å². The molecule has 6 heteroatoms. The summed E-state index contributed by atoms with van der Waals surface area (Å²) in [5.41, 5.74) is -1.56. The van der Waals surface area contributed by atoms with Gasteiger partial charge in [-0.3, -0.25) is 9.59 Å². The van der Waals surface area contributed by atoms with Crippen molar-refractivity contribution in [1.29, 1.82) is 0 Å². The van der Waals surface area contributed by atoms with Crippen molar-refractivity contribution in [2.24, 2.45) is 0 Å². The Hall–Kier alpha value is -3.02. The number of para-hydroxylation sites is 2. The van der Waals surface area contributed by atoms with Gasteiger partial charge in [-0.2, -0.15) is 0 Å². The van der Waals surface area contributed by atoms with Gasteiger partial charge in [-0.25, -0.2) is 0 Å². The fraction of sp³-hybridized carbons (Fsp3) is 0.364. The average Bonchev–Trinajstić information content (AvgIpc) is 3.15. The number of aliphatic carboxylic acids is 1. The lowest BCUT2D eigenvalue weighted by Crippen LogP contribution is -2.50. The summed E-state index contributed by atoms with van der Waals surface area (Å²) in [6.45, 7) is 3.85. The minimum Gasteiger partial charge on any atom is -0.493 e. The van der Waals surface area contributed by atoms with Gasteiger partial charge in [-0.1, -0.05) is 42.5 Å². The molecule has 1 aliphatic rings. The molecule has 1 saturated heterocycles. The van der Waals surface area contributed by atoms with E-state index in [2.05, 4.69) is 0 Å². The number of ether oxygens (including phenoxy) is 2. The van der Waals surface area contributed by atoms with Crippen molar-refractivity contribution in [3.63, 3.8) is 0 Å². The van der Waals surface area contributed by atoms with Crippen molar-refractivity contribution in [1.82, 2.24) is 4.90 Å². The summed E-state index contributed by atoms with van der Waals surface area (Å²) < 4.78 is 11.3. The van der Waals surface area contributed by atoms with Gasteiger partial charge in [0.05, 0.1) is 7.11 Å². The van der Waals surface area contributed by atoms with Crippen molar-refractivity contribution in [3.05, 3.63) is 60.2 Å². The lowest BCUT2D eigenvalue weighted by atomic mass is 9.80. The number of rotatable bonds is 6. The number of hydrogen-bond donors (Lipinski definition) is 1. The largest absolute Gasteiger partial charge is 0.493 e. The summed E-state index contributed by atoms with van der Waals surface area (Å²) in [4.78, 5) is 26.9. The zero-order valence-electron chi connectivity index (χ0n) is 16.3. The Morgan fingerprint density at radius 2 is 1.64 bits per heavy atom. The van der Waals surface area contributed by atoms with E-state index in [-0.39, 0.29) is 12.5 Å². The van der Waals surface area contributed by atoms with Crippen molar-refractivity contribution in [2.75, 3.05) is 20.2 Å². The second-order valence-electron chi connectivity index (χ2n) is 7.49. The summed E-state index contributed by atoms with van der Waals surface area (Å²) in [6, 6.07) is 16.2. The van der Waals surface area contributed by atoms with Gasteiger partial charge in [0, 0.05) is 13.1 Å². The Morgan fingerprint density at radius 1 is 1.04 bits per heavy atom. The Labute approximate surface area is 164 Å². The lowest BCUT2D eigenvalue weighted by Gasteiger charge is -2.31. The molecule has 3 rings (SSSR count). The fourth-order valence-electron chi connectivity index (χ4n) is 3.68. The van der Waals surface area contributed by atoms with E-state index in [1.54, 1.807) is 56.2 Å². The number of carboxylic acid groups (broad SMARTS) is 1. The molecule has 1 atom stereocenters. The number of amides is 1. The number of carboxylic acids is 1. The van der Waals surface area contributed by atoms with E-state index < -0.39 is 17.0 Å². The van der Waals surface area contributed by atoms with E-state index >= 15 is 0 Å². The standard InChI is InChI=1S/C22H25NO5/c1-21(2,28-18-12-8-7-11-17(18)27-3)19(24)23-14-13-22(15-23,20(25)26)16-9-5-4-6-10-16/h4-12H,13-15H2,1-3H3,(H,25,26)/t22-/m1/s1. The molecule has 0 aliphatic carbocycles. The highest BCUT2D eigenvalue weighted by Gasteiger charge is 2.50. The molecule has 0 bridgehead atoms. The maximum absolute atomic E-state index is 13.2. The first-order valence-corrected chi connectivity index (χ1v) is 9.20. The smallest absolute Gasteiger partial charge is 0.316 e. The Kier molecular flexibility index (Phi) is 5.31. The van der Waals surface area contributed by atoms with Crippen LogP contribution in [0, 0.1) is 0 Å². The zero-order valence-corrected chi connectivity index (χ0v) is 16.3. The van der Waals surface area contributed by atoms with Crippen LogP contribution in [0.15, 0.2) is 54.6 Å². The highest BCUT2D eigenvalue weighted by molar-refractivity contribution is 5.88. The summed E-state index contributed by atoms with van der Waals surface area (Å²) in [7, 11) is 1.54. The van der Waals surface area contributed by atoms with Gasteiger partial charge in [0.25, 0.3) is 5.91 Å². The Bertz CT molecular complexity index is 864. The van der Waals surface area contributed by atoms with Crippen molar-refractivity contribution >= 4 is 11.9 Å². The predicted molar refractivity (Wildman–Crippen MR) is 105 cm³/mol. The van der Waals surface area contributed by atoms with Gasteiger partial charge in [0.2, 0.25) is 0 Å². The van der Waals surface area contributed by atoms with Crippen LogP contribution in [-0.2, 0) is 15.0 Å². The first-order valence-electron chi connectivity index (χ1n) is 9.20. The number of methoxy groups -OCH3 is 1. The first-order chi connectivity index (χ1) is 13.3. The third-order valence-corrected chi connectivity index (χ3v) is 5.24. The van der Waals surface area contributed by atoms with Crippen LogP contribution >= 0.6 is 0 Å². The molecule has 2 aromatic rings. The van der Waals surface area contributed by atoms with E-state index in [9.17, 15) is 14.7 Å². The zero-order chi connectivity index (χ0) is 20.4. The van der Waals surface area contributed by atoms with Crippen LogP contribution in [0.4, 0.5) is 0 Å². The van der Waals surface area contributed by atoms with Crippen molar-refractivity contribution in [2.45, 2.75) is 31.3 Å². The molecule has 1 N–H and O–H groups in total. The maximum Gasteiger partial charge on any atom is 0.316 e. The lowest BCUT2D eigenvalue weighted by molar-refractivity contribution is -0.146. The third-order valence-electron chi connectivity index (χ3n) is 5.24. The van der Waals surface area contributed by atoms with Crippen molar-refractivity contribution in [3.8, 4) is 11.5 Å². The minimum absolute atomic E-state index is 0.115. The number of hydrogen-bond acceptors (Lipinski definition) is 4. The molecule has 1 fully saturated rings. The van der Waals surface area contributed by atoms with Crippen LogP contribution in [0.5, 0.6) is 11.5 Å². The molecule has 148 valence electrons. The second-order valence-corrected chi connectivity index (χ2v) is 7.49. The molecule has 0 aromatic heterocycles. The van der Waals surface area contributed by atoms with Crippen LogP contribution in [0.3, 0.4) is 0 Å². The van der Waals surface area contributed by atoms with Gasteiger partial charge in [0.1, 0.15) is 5.41 Å². The van der Waals surface area contributed by atoms with E-state index in [1.807, 2.05) is 24.3 Å². The molecular formula is C22H25NO5.